The zero-order valence-corrected chi connectivity index (χ0v) is 14.6. The van der Waals surface area contributed by atoms with Gasteiger partial charge in [0.05, 0.1) is 12.3 Å². The van der Waals surface area contributed by atoms with Gasteiger partial charge in [-0.15, -0.1) is 5.10 Å². The Kier molecular flexibility index (Phi) is 6.21. The minimum Gasteiger partial charge on any atom is -0.494 e. The zero-order valence-electron chi connectivity index (χ0n) is 14.6. The van der Waals surface area contributed by atoms with E-state index in [1.807, 2.05) is 54.6 Å². The lowest BCUT2D eigenvalue weighted by Gasteiger charge is -2.14. The molecule has 4 nitrogen and oxygen atoms in total. The maximum atomic E-state index is 5.75. The van der Waals surface area contributed by atoms with Crippen LogP contribution in [0.15, 0.2) is 64.8 Å². The van der Waals surface area contributed by atoms with E-state index in [1.165, 1.54) is 0 Å². The Balaban J connectivity index is 1.55. The fourth-order valence-corrected chi connectivity index (χ4v) is 2.56. The fourth-order valence-electron chi connectivity index (χ4n) is 2.56. The Bertz CT molecular complexity index is 721. The Hall–Kier alpha value is -2.62. The Morgan fingerprint density at radius 2 is 1.68 bits per heavy atom. The molecule has 0 aromatic heterocycles. The molecule has 0 bridgehead atoms. The largest absolute Gasteiger partial charge is 0.494 e. The average Bonchev–Trinajstić information content (AvgIpc) is 2.68. The van der Waals surface area contributed by atoms with Gasteiger partial charge in [0.1, 0.15) is 12.4 Å². The molecule has 0 saturated heterocycles. The molecule has 0 atom stereocenters. The molecular formula is C21H24N2O2. The van der Waals surface area contributed by atoms with Gasteiger partial charge in [0.25, 0.3) is 0 Å². The first kappa shape index (κ1) is 17.2. The molecule has 1 aliphatic rings. The van der Waals surface area contributed by atoms with Crippen molar-refractivity contribution in [3.05, 3.63) is 65.7 Å². The van der Waals surface area contributed by atoms with Crippen LogP contribution in [0.2, 0.25) is 0 Å². The van der Waals surface area contributed by atoms with Gasteiger partial charge in [-0.1, -0.05) is 43.7 Å². The highest BCUT2D eigenvalue weighted by Gasteiger charge is 2.13. The van der Waals surface area contributed by atoms with Crippen molar-refractivity contribution >= 4 is 11.6 Å². The predicted octanol–water partition coefficient (Wildman–Crippen LogP) is 4.98. The normalized spacial score (nSPS) is 13.8. The van der Waals surface area contributed by atoms with Gasteiger partial charge in [0, 0.05) is 12.8 Å². The van der Waals surface area contributed by atoms with Gasteiger partial charge in [-0.2, -0.15) is 5.10 Å². The number of rotatable bonds is 7. The molecule has 0 fully saturated rings. The van der Waals surface area contributed by atoms with E-state index >= 15 is 0 Å². The van der Waals surface area contributed by atoms with E-state index in [9.17, 15) is 0 Å². The topological polar surface area (TPSA) is 43.2 Å². The number of ether oxygens (including phenoxy) is 2. The quantitative estimate of drug-likeness (QED) is 0.669. The molecule has 0 N–H and O–H groups in total. The summed E-state index contributed by atoms with van der Waals surface area (Å²) in [5, 5.41) is 8.57. The van der Waals surface area contributed by atoms with Crippen molar-refractivity contribution in [3.63, 3.8) is 0 Å². The highest BCUT2D eigenvalue weighted by molar-refractivity contribution is 6.03. The molecule has 4 heteroatoms. The van der Waals surface area contributed by atoms with E-state index in [-0.39, 0.29) is 0 Å². The third-order valence-electron chi connectivity index (χ3n) is 4.06. The first-order chi connectivity index (χ1) is 12.3. The summed E-state index contributed by atoms with van der Waals surface area (Å²) >= 11 is 0. The molecule has 1 aliphatic heterocycles. The first-order valence-electron chi connectivity index (χ1n) is 8.88. The van der Waals surface area contributed by atoms with E-state index in [0.29, 0.717) is 12.5 Å². The zero-order chi connectivity index (χ0) is 17.3. The second kappa shape index (κ2) is 9.02. The van der Waals surface area contributed by atoms with Crippen LogP contribution >= 0.6 is 0 Å². The van der Waals surface area contributed by atoms with E-state index in [0.717, 1.165) is 54.9 Å². The van der Waals surface area contributed by atoms with Crippen LogP contribution < -0.4 is 4.74 Å². The number of hydrogen-bond donors (Lipinski definition) is 0. The Morgan fingerprint density at radius 3 is 2.36 bits per heavy atom. The molecule has 1 heterocycles. The standard InChI is InChI=1S/C21H24N2O2/c1-2-3-15-24-19-11-9-18(10-12-19)20-13-14-21(23-22-20)25-16-17-7-5-4-6-8-17/h4-12H,2-3,13-16H2,1H3. The highest BCUT2D eigenvalue weighted by atomic mass is 16.5. The predicted molar refractivity (Wildman–Crippen MR) is 101 cm³/mol. The molecule has 2 aromatic rings. The first-order valence-corrected chi connectivity index (χ1v) is 8.88. The molecular weight excluding hydrogens is 312 g/mol. The molecule has 0 aliphatic carbocycles. The minimum atomic E-state index is 0.536. The number of hydrogen-bond acceptors (Lipinski definition) is 4. The van der Waals surface area contributed by atoms with Crippen molar-refractivity contribution in [2.45, 2.75) is 39.2 Å². The maximum Gasteiger partial charge on any atom is 0.209 e. The monoisotopic (exact) mass is 336 g/mol. The third-order valence-corrected chi connectivity index (χ3v) is 4.06. The fraction of sp³-hybridized carbons (Fsp3) is 0.333. The van der Waals surface area contributed by atoms with Crippen LogP contribution in [-0.4, -0.2) is 18.2 Å². The second-order valence-corrected chi connectivity index (χ2v) is 6.04. The molecule has 25 heavy (non-hydrogen) atoms. The van der Waals surface area contributed by atoms with Gasteiger partial charge < -0.3 is 9.47 Å². The molecule has 0 unspecified atom stereocenters. The average molecular weight is 336 g/mol. The summed E-state index contributed by atoms with van der Waals surface area (Å²) < 4.78 is 11.4. The van der Waals surface area contributed by atoms with Crippen molar-refractivity contribution in [2.75, 3.05) is 6.61 Å². The van der Waals surface area contributed by atoms with E-state index in [1.54, 1.807) is 0 Å². The SMILES string of the molecule is CCCCOc1ccc(C2=NN=C(OCc3ccccc3)CC2)cc1. The van der Waals surface area contributed by atoms with Crippen LogP contribution in [0.4, 0.5) is 0 Å². The summed E-state index contributed by atoms with van der Waals surface area (Å²) in [6.07, 6.45) is 3.83. The second-order valence-electron chi connectivity index (χ2n) is 6.04. The van der Waals surface area contributed by atoms with Crippen molar-refractivity contribution in [3.8, 4) is 5.75 Å². The van der Waals surface area contributed by atoms with Crippen LogP contribution in [0.25, 0.3) is 0 Å². The van der Waals surface area contributed by atoms with Crippen LogP contribution in [0.1, 0.15) is 43.7 Å². The smallest absolute Gasteiger partial charge is 0.209 e. The molecule has 0 saturated carbocycles. The van der Waals surface area contributed by atoms with E-state index in [2.05, 4.69) is 17.1 Å². The number of unbranched alkanes of at least 4 members (excludes halogenated alkanes) is 1. The van der Waals surface area contributed by atoms with Gasteiger partial charge in [-0.05, 0) is 41.8 Å². The van der Waals surface area contributed by atoms with Crippen molar-refractivity contribution in [1.82, 2.24) is 0 Å². The van der Waals surface area contributed by atoms with Gasteiger partial charge in [0.2, 0.25) is 5.90 Å². The Morgan fingerprint density at radius 1 is 0.880 bits per heavy atom. The van der Waals surface area contributed by atoms with Gasteiger partial charge >= 0.3 is 0 Å². The summed E-state index contributed by atoms with van der Waals surface area (Å²) in [4.78, 5) is 0. The molecule has 2 aromatic carbocycles. The van der Waals surface area contributed by atoms with Crippen LogP contribution in [0, 0.1) is 0 Å². The summed E-state index contributed by atoms with van der Waals surface area (Å²) in [5.74, 6) is 1.61. The van der Waals surface area contributed by atoms with Gasteiger partial charge in [-0.3, -0.25) is 0 Å². The Labute approximate surface area is 149 Å². The number of nitrogens with zero attached hydrogens (tertiary/aromatic N) is 2. The van der Waals surface area contributed by atoms with Crippen LogP contribution in [-0.2, 0) is 11.3 Å². The van der Waals surface area contributed by atoms with E-state index < -0.39 is 0 Å². The van der Waals surface area contributed by atoms with Crippen LogP contribution in [0.5, 0.6) is 5.75 Å². The molecule has 0 amide bonds. The number of benzene rings is 2. The minimum absolute atomic E-state index is 0.536. The highest BCUT2D eigenvalue weighted by Crippen LogP contribution is 2.18. The van der Waals surface area contributed by atoms with Crippen molar-refractivity contribution in [1.29, 1.82) is 0 Å². The summed E-state index contributed by atoms with van der Waals surface area (Å²) in [6, 6.07) is 18.2. The van der Waals surface area contributed by atoms with Crippen LogP contribution in [0.3, 0.4) is 0 Å². The lowest BCUT2D eigenvalue weighted by molar-refractivity contribution is 0.281. The molecule has 3 rings (SSSR count). The lowest BCUT2D eigenvalue weighted by atomic mass is 10.0. The molecule has 130 valence electrons. The maximum absolute atomic E-state index is 5.75. The van der Waals surface area contributed by atoms with Crippen molar-refractivity contribution in [2.24, 2.45) is 10.2 Å². The van der Waals surface area contributed by atoms with E-state index in [4.69, 9.17) is 9.47 Å². The summed E-state index contributed by atoms with van der Waals surface area (Å²) in [7, 11) is 0. The molecule has 0 spiro atoms. The van der Waals surface area contributed by atoms with Crippen molar-refractivity contribution < 1.29 is 9.47 Å². The summed E-state index contributed by atoms with van der Waals surface area (Å²) in [5.41, 5.74) is 3.22. The summed E-state index contributed by atoms with van der Waals surface area (Å²) in [6.45, 7) is 3.46. The van der Waals surface area contributed by atoms with Gasteiger partial charge in [-0.25, -0.2) is 0 Å². The lowest BCUT2D eigenvalue weighted by Crippen LogP contribution is -2.13. The third kappa shape index (κ3) is 5.18. The molecule has 0 radical (unpaired) electrons. The van der Waals surface area contributed by atoms with Gasteiger partial charge in [0.15, 0.2) is 0 Å².